The van der Waals surface area contributed by atoms with Crippen molar-refractivity contribution in [3.63, 3.8) is 0 Å². The Kier molecular flexibility index (Phi) is 5.00. The summed E-state index contributed by atoms with van der Waals surface area (Å²) < 4.78 is 1.95. The number of aryl methyl sites for hydroxylation is 1. The molecule has 0 fully saturated rings. The Morgan fingerprint density at radius 2 is 1.90 bits per heavy atom. The normalized spacial score (nSPS) is 12.0. The molecule has 20 heavy (non-hydrogen) atoms. The number of hydrogen-bond acceptors (Lipinski definition) is 1. The van der Waals surface area contributed by atoms with E-state index in [-0.39, 0.29) is 11.9 Å². The van der Waals surface area contributed by atoms with Gasteiger partial charge < -0.3 is 5.32 Å². The van der Waals surface area contributed by atoms with Gasteiger partial charge in [-0.25, -0.2) is 0 Å². The van der Waals surface area contributed by atoms with Crippen molar-refractivity contribution in [1.82, 2.24) is 5.32 Å². The molecular weight excluding hydrogens is 382 g/mol. The molecule has 0 saturated heterocycles. The quantitative estimate of drug-likeness (QED) is 0.775. The fourth-order valence-electron chi connectivity index (χ4n) is 1.87. The van der Waals surface area contributed by atoms with Crippen LogP contribution in [0.4, 0.5) is 0 Å². The van der Waals surface area contributed by atoms with Crippen LogP contribution in [0.25, 0.3) is 0 Å². The number of carbonyl (C=O) groups excluding carboxylic acids is 1. The third kappa shape index (κ3) is 3.70. The Morgan fingerprint density at radius 3 is 2.55 bits per heavy atom. The first kappa shape index (κ1) is 15.3. The van der Waals surface area contributed by atoms with Crippen molar-refractivity contribution in [2.75, 3.05) is 0 Å². The third-order valence-corrected chi connectivity index (χ3v) is 4.48. The molecule has 4 heteroatoms. The number of nitrogens with one attached hydrogen (secondary N) is 1. The highest BCUT2D eigenvalue weighted by Gasteiger charge is 2.12. The van der Waals surface area contributed by atoms with Crippen LogP contribution in [0.15, 0.2) is 51.4 Å². The molecule has 1 unspecified atom stereocenters. The van der Waals surface area contributed by atoms with Gasteiger partial charge in [-0.05, 0) is 49.2 Å². The van der Waals surface area contributed by atoms with Crippen LogP contribution < -0.4 is 5.32 Å². The van der Waals surface area contributed by atoms with Gasteiger partial charge in [-0.1, -0.05) is 50.1 Å². The molecule has 0 aliphatic carbocycles. The Hall–Kier alpha value is -1.13. The lowest BCUT2D eigenvalue weighted by Crippen LogP contribution is -2.26. The first-order valence-electron chi connectivity index (χ1n) is 6.30. The van der Waals surface area contributed by atoms with Crippen molar-refractivity contribution < 1.29 is 4.79 Å². The maximum Gasteiger partial charge on any atom is 0.251 e. The van der Waals surface area contributed by atoms with Gasteiger partial charge in [0, 0.05) is 14.5 Å². The van der Waals surface area contributed by atoms with E-state index in [1.165, 1.54) is 0 Å². The van der Waals surface area contributed by atoms with Crippen LogP contribution in [0, 0.1) is 6.92 Å². The number of rotatable bonds is 3. The van der Waals surface area contributed by atoms with Crippen molar-refractivity contribution in [2.24, 2.45) is 0 Å². The van der Waals surface area contributed by atoms with Crippen LogP contribution in [0.3, 0.4) is 0 Å². The van der Waals surface area contributed by atoms with E-state index in [2.05, 4.69) is 37.2 Å². The van der Waals surface area contributed by atoms with E-state index in [1.54, 1.807) is 0 Å². The number of halogens is 2. The number of carbonyl (C=O) groups is 1. The van der Waals surface area contributed by atoms with Gasteiger partial charge in [0.2, 0.25) is 0 Å². The summed E-state index contributed by atoms with van der Waals surface area (Å²) >= 11 is 6.89. The van der Waals surface area contributed by atoms with Crippen LogP contribution in [0.5, 0.6) is 0 Å². The highest BCUT2D eigenvalue weighted by molar-refractivity contribution is 9.10. The zero-order valence-corrected chi connectivity index (χ0v) is 14.5. The number of amides is 1. The van der Waals surface area contributed by atoms with Gasteiger partial charge in [0.05, 0.1) is 6.04 Å². The number of hydrogen-bond donors (Lipinski definition) is 1. The van der Waals surface area contributed by atoms with E-state index in [1.807, 2.05) is 56.3 Å². The number of benzene rings is 2. The fourth-order valence-corrected chi connectivity index (χ4v) is 2.67. The van der Waals surface area contributed by atoms with Gasteiger partial charge in [-0.15, -0.1) is 0 Å². The molecule has 0 aliphatic rings. The molecule has 0 aromatic heterocycles. The van der Waals surface area contributed by atoms with Crippen LogP contribution in [0.1, 0.15) is 34.5 Å². The summed E-state index contributed by atoms with van der Waals surface area (Å²) in [6.07, 6.45) is 0. The summed E-state index contributed by atoms with van der Waals surface area (Å²) in [5, 5.41) is 3.01. The molecule has 0 heterocycles. The van der Waals surface area contributed by atoms with Crippen molar-refractivity contribution >= 4 is 37.8 Å². The van der Waals surface area contributed by atoms with Crippen LogP contribution in [-0.4, -0.2) is 5.91 Å². The predicted molar refractivity (Wildman–Crippen MR) is 88.9 cm³/mol. The van der Waals surface area contributed by atoms with Crippen molar-refractivity contribution in [3.8, 4) is 0 Å². The largest absolute Gasteiger partial charge is 0.346 e. The first-order valence-corrected chi connectivity index (χ1v) is 7.88. The monoisotopic (exact) mass is 395 g/mol. The molecule has 0 spiro atoms. The Bertz CT molecular complexity index is 640. The maximum atomic E-state index is 12.2. The molecule has 0 saturated carbocycles. The lowest BCUT2D eigenvalue weighted by atomic mass is 10.1. The molecule has 2 rings (SSSR count). The zero-order chi connectivity index (χ0) is 14.7. The minimum absolute atomic E-state index is 0.0416. The van der Waals surface area contributed by atoms with Crippen LogP contribution >= 0.6 is 31.9 Å². The molecule has 1 amide bonds. The minimum atomic E-state index is -0.0711. The predicted octanol–water partition coefficient (Wildman–Crippen LogP) is 5.01. The average Bonchev–Trinajstić information content (AvgIpc) is 2.41. The van der Waals surface area contributed by atoms with Crippen molar-refractivity contribution in [2.45, 2.75) is 19.9 Å². The Balaban J connectivity index is 2.13. The summed E-state index contributed by atoms with van der Waals surface area (Å²) in [5.74, 6) is -0.0711. The molecule has 2 aromatic carbocycles. The third-order valence-electron chi connectivity index (χ3n) is 3.13. The lowest BCUT2D eigenvalue weighted by Gasteiger charge is -2.15. The van der Waals surface area contributed by atoms with E-state index in [0.717, 1.165) is 20.1 Å². The second-order valence-electron chi connectivity index (χ2n) is 4.71. The Labute approximate surface area is 135 Å². The second kappa shape index (κ2) is 6.55. The average molecular weight is 397 g/mol. The minimum Gasteiger partial charge on any atom is -0.346 e. The molecule has 1 atom stereocenters. The summed E-state index contributed by atoms with van der Waals surface area (Å²) in [4.78, 5) is 12.2. The molecule has 2 aromatic rings. The SMILES string of the molecule is Cc1ccc(C(=O)NC(C)c2cccc(Br)c2)cc1Br. The molecule has 0 bridgehead atoms. The van der Waals surface area contributed by atoms with Gasteiger partial charge in [0.15, 0.2) is 0 Å². The van der Waals surface area contributed by atoms with E-state index >= 15 is 0 Å². The van der Waals surface area contributed by atoms with Gasteiger partial charge in [-0.3, -0.25) is 4.79 Å². The molecule has 1 N–H and O–H groups in total. The molecule has 0 aliphatic heterocycles. The van der Waals surface area contributed by atoms with Gasteiger partial charge in [0.25, 0.3) is 5.91 Å². The zero-order valence-electron chi connectivity index (χ0n) is 11.3. The standard InChI is InChI=1S/C16H15Br2NO/c1-10-6-7-13(9-15(10)18)16(20)19-11(2)12-4-3-5-14(17)8-12/h3-9,11H,1-2H3,(H,19,20). The van der Waals surface area contributed by atoms with Gasteiger partial charge >= 0.3 is 0 Å². The molecule has 104 valence electrons. The fraction of sp³-hybridized carbons (Fsp3) is 0.188. The molecular formula is C16H15Br2NO. The van der Waals surface area contributed by atoms with Gasteiger partial charge in [0.1, 0.15) is 0 Å². The topological polar surface area (TPSA) is 29.1 Å². The maximum absolute atomic E-state index is 12.2. The van der Waals surface area contributed by atoms with E-state index < -0.39 is 0 Å². The lowest BCUT2D eigenvalue weighted by molar-refractivity contribution is 0.0940. The second-order valence-corrected chi connectivity index (χ2v) is 6.48. The van der Waals surface area contributed by atoms with E-state index in [9.17, 15) is 4.79 Å². The molecule has 0 radical (unpaired) electrons. The van der Waals surface area contributed by atoms with Crippen molar-refractivity contribution in [1.29, 1.82) is 0 Å². The smallest absolute Gasteiger partial charge is 0.251 e. The molecule has 2 nitrogen and oxygen atoms in total. The van der Waals surface area contributed by atoms with Crippen LogP contribution in [-0.2, 0) is 0 Å². The summed E-state index contributed by atoms with van der Waals surface area (Å²) in [7, 11) is 0. The van der Waals surface area contributed by atoms with Gasteiger partial charge in [-0.2, -0.15) is 0 Å². The highest BCUT2D eigenvalue weighted by atomic mass is 79.9. The van der Waals surface area contributed by atoms with Crippen molar-refractivity contribution in [3.05, 3.63) is 68.1 Å². The summed E-state index contributed by atoms with van der Waals surface area (Å²) in [6.45, 7) is 3.97. The van der Waals surface area contributed by atoms with E-state index in [4.69, 9.17) is 0 Å². The summed E-state index contributed by atoms with van der Waals surface area (Å²) in [5.41, 5.74) is 2.84. The van der Waals surface area contributed by atoms with Crippen LogP contribution in [0.2, 0.25) is 0 Å². The first-order chi connectivity index (χ1) is 9.47. The highest BCUT2D eigenvalue weighted by Crippen LogP contribution is 2.20. The summed E-state index contributed by atoms with van der Waals surface area (Å²) in [6, 6.07) is 13.5. The van der Waals surface area contributed by atoms with E-state index in [0.29, 0.717) is 5.56 Å². The Morgan fingerprint density at radius 1 is 1.15 bits per heavy atom.